The first-order valence-electron chi connectivity index (χ1n) is 6.77. The van der Waals surface area contributed by atoms with Crippen LogP contribution in [-0.2, 0) is 0 Å². The monoisotopic (exact) mass is 505 g/mol. The summed E-state index contributed by atoms with van der Waals surface area (Å²) >= 11 is 6.18. The van der Waals surface area contributed by atoms with Crippen molar-refractivity contribution in [3.05, 3.63) is 68.6 Å². The summed E-state index contributed by atoms with van der Waals surface area (Å²) in [5.74, 6) is -1.82. The fourth-order valence-electron chi connectivity index (χ4n) is 1.62. The summed E-state index contributed by atoms with van der Waals surface area (Å²) in [4.78, 5) is 10.6. The predicted octanol–water partition coefficient (Wildman–Crippen LogP) is 6.21. The number of hydrogen-bond donors (Lipinski definition) is 1. The van der Waals surface area contributed by atoms with E-state index in [4.69, 9.17) is 5.73 Å². The summed E-state index contributed by atoms with van der Waals surface area (Å²) in [6.07, 6.45) is -9.18. The van der Waals surface area contributed by atoms with Crippen LogP contribution < -0.4 is 5.73 Å². The quantitative estimate of drug-likeness (QED) is 0.389. The molecule has 0 heterocycles. The highest BCUT2D eigenvalue weighted by Crippen LogP contribution is 2.30. The van der Waals surface area contributed by atoms with Gasteiger partial charge in [-0.1, -0.05) is 44.0 Å². The number of benzene rings is 2. The molecule has 26 heavy (non-hydrogen) atoms. The van der Waals surface area contributed by atoms with Gasteiger partial charge in [-0.05, 0) is 42.0 Å². The number of alkyl halides is 6. The molecule has 2 nitrogen and oxygen atoms in total. The van der Waals surface area contributed by atoms with E-state index >= 15 is 0 Å². The van der Waals surface area contributed by atoms with Gasteiger partial charge in [-0.25, -0.2) is 0 Å². The van der Waals surface area contributed by atoms with E-state index in [0.717, 1.165) is 16.6 Å². The Morgan fingerprint density at radius 3 is 1.54 bits per heavy atom. The third-order valence-electron chi connectivity index (χ3n) is 2.95. The Morgan fingerprint density at radius 2 is 1.19 bits per heavy atom. The SMILES string of the molecule is N[C@@H](c1ccc(Br)cc1)C(F)(F)F.O=C(c1ccc(Br)cc1)C(F)(F)F. The summed E-state index contributed by atoms with van der Waals surface area (Å²) in [5, 5.41) is 0. The number of rotatable bonds is 2. The summed E-state index contributed by atoms with van der Waals surface area (Å²) in [6, 6.07) is 8.88. The van der Waals surface area contributed by atoms with Crippen LogP contribution in [0.3, 0.4) is 0 Å². The van der Waals surface area contributed by atoms with Crippen molar-refractivity contribution in [3.63, 3.8) is 0 Å². The first-order chi connectivity index (χ1) is 11.8. The molecule has 0 unspecified atom stereocenters. The van der Waals surface area contributed by atoms with Gasteiger partial charge in [0.05, 0.1) is 0 Å². The molecule has 2 N–H and O–H groups in total. The van der Waals surface area contributed by atoms with Gasteiger partial charge in [0.2, 0.25) is 0 Å². The first kappa shape index (κ1) is 22.7. The van der Waals surface area contributed by atoms with E-state index in [0.29, 0.717) is 4.47 Å². The molecule has 0 saturated heterocycles. The Balaban J connectivity index is 0.000000260. The van der Waals surface area contributed by atoms with E-state index in [9.17, 15) is 31.1 Å². The van der Waals surface area contributed by atoms with Crippen molar-refractivity contribution in [2.45, 2.75) is 18.4 Å². The summed E-state index contributed by atoms with van der Waals surface area (Å²) in [7, 11) is 0. The van der Waals surface area contributed by atoms with Crippen LogP contribution in [0.25, 0.3) is 0 Å². The number of Topliss-reactive ketones (excluding diaryl/α,β-unsaturated/α-hetero) is 1. The molecule has 0 bridgehead atoms. The van der Waals surface area contributed by atoms with Crippen LogP contribution in [0.1, 0.15) is 22.0 Å². The van der Waals surface area contributed by atoms with Gasteiger partial charge in [0.15, 0.2) is 0 Å². The van der Waals surface area contributed by atoms with Crippen molar-refractivity contribution < 1.29 is 31.1 Å². The lowest BCUT2D eigenvalue weighted by atomic mass is 10.1. The van der Waals surface area contributed by atoms with E-state index in [1.807, 2.05) is 0 Å². The zero-order chi connectivity index (χ0) is 20.1. The second-order valence-electron chi connectivity index (χ2n) is 4.90. The molecular weight excluding hydrogens is 496 g/mol. The molecule has 2 aromatic carbocycles. The minimum atomic E-state index is -4.80. The molecule has 0 aliphatic rings. The standard InChI is InChI=1S/C8H7BrF3N.C8H4BrF3O/c2*9-6-3-1-5(2-4-6)7(13)8(10,11)12/h1-4,7H,13H2;1-4H/t7-;/m0./s1. The highest BCUT2D eigenvalue weighted by Gasteiger charge is 2.39. The molecule has 1 atom stereocenters. The topological polar surface area (TPSA) is 43.1 Å². The van der Waals surface area contributed by atoms with Crippen molar-refractivity contribution in [3.8, 4) is 0 Å². The van der Waals surface area contributed by atoms with Crippen molar-refractivity contribution in [2.24, 2.45) is 5.73 Å². The Labute approximate surface area is 161 Å². The van der Waals surface area contributed by atoms with Gasteiger partial charge < -0.3 is 5.73 Å². The highest BCUT2D eigenvalue weighted by molar-refractivity contribution is 9.10. The average molecular weight is 507 g/mol. The van der Waals surface area contributed by atoms with E-state index in [1.165, 1.54) is 36.4 Å². The van der Waals surface area contributed by atoms with E-state index in [1.54, 1.807) is 0 Å². The number of nitrogens with two attached hydrogens (primary N) is 1. The molecule has 2 rings (SSSR count). The fourth-order valence-corrected chi connectivity index (χ4v) is 2.15. The maximum Gasteiger partial charge on any atom is 0.454 e. The molecule has 0 amide bonds. The summed E-state index contributed by atoms with van der Waals surface area (Å²) in [5.41, 5.74) is 4.70. The van der Waals surface area contributed by atoms with Crippen molar-refractivity contribution in [2.75, 3.05) is 0 Å². The van der Waals surface area contributed by atoms with Crippen LogP contribution in [0, 0.1) is 0 Å². The molecule has 0 aromatic heterocycles. The molecule has 142 valence electrons. The molecule has 10 heteroatoms. The number of carbonyl (C=O) groups is 1. The number of carbonyl (C=O) groups excluding carboxylic acids is 1. The zero-order valence-electron chi connectivity index (χ0n) is 12.7. The van der Waals surface area contributed by atoms with Gasteiger partial charge in [0.25, 0.3) is 5.78 Å². The van der Waals surface area contributed by atoms with Gasteiger partial charge in [0, 0.05) is 14.5 Å². The largest absolute Gasteiger partial charge is 0.454 e. The van der Waals surface area contributed by atoms with Crippen molar-refractivity contribution >= 4 is 37.6 Å². The lowest BCUT2D eigenvalue weighted by Gasteiger charge is -2.15. The minimum absolute atomic E-state index is 0.0655. The molecular formula is C16H11Br2F6NO. The fraction of sp³-hybridized carbons (Fsp3) is 0.188. The predicted molar refractivity (Wildman–Crippen MR) is 91.7 cm³/mol. The molecule has 0 radical (unpaired) electrons. The second kappa shape index (κ2) is 9.01. The lowest BCUT2D eigenvalue weighted by Crippen LogP contribution is -2.28. The van der Waals surface area contributed by atoms with Gasteiger partial charge in [-0.2, -0.15) is 26.3 Å². The van der Waals surface area contributed by atoms with E-state index < -0.39 is 24.2 Å². The first-order valence-corrected chi connectivity index (χ1v) is 8.36. The smallest absolute Gasteiger partial charge is 0.316 e. The summed E-state index contributed by atoms with van der Waals surface area (Å²) in [6.45, 7) is 0. The second-order valence-corrected chi connectivity index (χ2v) is 6.74. The van der Waals surface area contributed by atoms with Gasteiger partial charge in [-0.3, -0.25) is 4.79 Å². The van der Waals surface area contributed by atoms with Gasteiger partial charge in [-0.15, -0.1) is 0 Å². The van der Waals surface area contributed by atoms with Crippen LogP contribution in [-0.4, -0.2) is 18.1 Å². The van der Waals surface area contributed by atoms with E-state index in [2.05, 4.69) is 31.9 Å². The summed E-state index contributed by atoms with van der Waals surface area (Å²) < 4.78 is 73.3. The Morgan fingerprint density at radius 1 is 0.808 bits per heavy atom. The third-order valence-corrected chi connectivity index (χ3v) is 4.00. The third kappa shape index (κ3) is 7.08. The molecule has 0 saturated carbocycles. The number of hydrogen-bond acceptors (Lipinski definition) is 2. The average Bonchev–Trinajstić information content (AvgIpc) is 2.54. The molecule has 0 fully saturated rings. The molecule has 0 aliphatic carbocycles. The Kier molecular flexibility index (Phi) is 7.85. The van der Waals surface area contributed by atoms with Crippen LogP contribution in [0.2, 0.25) is 0 Å². The Hall–Kier alpha value is -1.39. The number of ketones is 1. The molecule has 0 spiro atoms. The molecule has 2 aromatic rings. The van der Waals surface area contributed by atoms with Gasteiger partial charge >= 0.3 is 12.4 Å². The maximum atomic E-state index is 12.1. The minimum Gasteiger partial charge on any atom is -0.316 e. The molecule has 0 aliphatic heterocycles. The van der Waals surface area contributed by atoms with Crippen LogP contribution in [0.5, 0.6) is 0 Å². The van der Waals surface area contributed by atoms with E-state index in [-0.39, 0.29) is 11.1 Å². The highest BCUT2D eigenvalue weighted by atomic mass is 79.9. The van der Waals surface area contributed by atoms with Gasteiger partial charge in [0.1, 0.15) is 6.04 Å². The maximum absolute atomic E-state index is 12.1. The Bertz CT molecular complexity index is 726. The zero-order valence-corrected chi connectivity index (χ0v) is 15.9. The van der Waals surface area contributed by atoms with Crippen molar-refractivity contribution in [1.29, 1.82) is 0 Å². The lowest BCUT2D eigenvalue weighted by molar-refractivity contribution is -0.149. The number of halogens is 8. The van der Waals surface area contributed by atoms with Crippen molar-refractivity contribution in [1.82, 2.24) is 0 Å². The van der Waals surface area contributed by atoms with Crippen LogP contribution >= 0.6 is 31.9 Å². The van der Waals surface area contributed by atoms with Crippen LogP contribution in [0.4, 0.5) is 26.3 Å². The van der Waals surface area contributed by atoms with Crippen LogP contribution in [0.15, 0.2) is 57.5 Å². The normalized spacial score (nSPS) is 12.8.